The van der Waals surface area contributed by atoms with Gasteiger partial charge in [0.15, 0.2) is 11.6 Å². The van der Waals surface area contributed by atoms with Crippen molar-refractivity contribution >= 4 is 59.9 Å². The fourth-order valence-corrected chi connectivity index (χ4v) is 8.68. The highest BCUT2D eigenvalue weighted by molar-refractivity contribution is 6.24. The van der Waals surface area contributed by atoms with Crippen LogP contribution in [0, 0.1) is 0 Å². The lowest BCUT2D eigenvalue weighted by Crippen LogP contribution is -2.06. The Morgan fingerprint density at radius 2 is 0.845 bits per heavy atom. The Morgan fingerprint density at radius 3 is 1.48 bits per heavy atom. The molecular formula is C51H31N7. The first-order valence-electron chi connectivity index (χ1n) is 19.3. The molecule has 0 fully saturated rings. The van der Waals surface area contributed by atoms with Gasteiger partial charge in [0.25, 0.3) is 0 Å². The molecule has 0 unspecified atom stereocenters. The van der Waals surface area contributed by atoms with Crippen molar-refractivity contribution in [3.8, 4) is 51.2 Å². The Hall–Kier alpha value is -8.03. The monoisotopic (exact) mass is 741 g/mol. The van der Waals surface area contributed by atoms with Crippen molar-refractivity contribution in [2.45, 2.75) is 0 Å². The summed E-state index contributed by atoms with van der Waals surface area (Å²) >= 11 is 0. The summed E-state index contributed by atoms with van der Waals surface area (Å²) in [4.78, 5) is 25.0. The van der Waals surface area contributed by atoms with Crippen LogP contribution < -0.4 is 0 Å². The van der Waals surface area contributed by atoms with Crippen LogP contribution >= 0.6 is 0 Å². The highest BCUT2D eigenvalue weighted by Crippen LogP contribution is 2.41. The Morgan fingerprint density at radius 1 is 0.328 bits per heavy atom. The standard InChI is InChI=1S/C51H31N7/c1-2-19-38-36(17-1)37-18-3-5-23-43(37)57-45-25-26-46-48(40(45)31-47(38)57)39-20-4-6-24-44(39)58(46)51-55-49(34-15-11-13-32(29-34)41-21-7-9-27-52-41)54-50(56-51)35-16-12-14-33(30-35)42-22-8-10-28-53-42/h1-31H. The zero-order chi connectivity index (χ0) is 38.2. The number of pyridine rings is 3. The van der Waals surface area contributed by atoms with Gasteiger partial charge < -0.3 is 4.40 Å². The normalized spacial score (nSPS) is 11.8. The highest BCUT2D eigenvalue weighted by Gasteiger charge is 2.22. The lowest BCUT2D eigenvalue weighted by Gasteiger charge is -2.12. The first kappa shape index (κ1) is 32.2. The number of rotatable bonds is 5. The van der Waals surface area contributed by atoms with Gasteiger partial charge in [-0.25, -0.2) is 4.98 Å². The summed E-state index contributed by atoms with van der Waals surface area (Å²) in [5.74, 6) is 1.68. The molecule has 0 N–H and O–H groups in total. The van der Waals surface area contributed by atoms with E-state index in [9.17, 15) is 0 Å². The predicted octanol–water partition coefficient (Wildman–Crippen LogP) is 12.1. The second kappa shape index (κ2) is 12.8. The van der Waals surface area contributed by atoms with Crippen LogP contribution in [0.3, 0.4) is 0 Å². The second-order valence-electron chi connectivity index (χ2n) is 14.5. The second-order valence-corrected chi connectivity index (χ2v) is 14.5. The van der Waals surface area contributed by atoms with Gasteiger partial charge in [-0.05, 0) is 72.1 Å². The third-order valence-electron chi connectivity index (χ3n) is 11.2. The number of hydrogen-bond donors (Lipinski definition) is 0. The molecule has 0 radical (unpaired) electrons. The van der Waals surface area contributed by atoms with E-state index < -0.39 is 0 Å². The zero-order valence-corrected chi connectivity index (χ0v) is 31.0. The number of nitrogens with zero attached hydrogens (tertiary/aromatic N) is 7. The molecular weight excluding hydrogens is 711 g/mol. The summed E-state index contributed by atoms with van der Waals surface area (Å²) in [6.45, 7) is 0. The first-order chi connectivity index (χ1) is 28.8. The summed E-state index contributed by atoms with van der Waals surface area (Å²) in [5, 5.41) is 7.16. The average molecular weight is 742 g/mol. The molecule has 58 heavy (non-hydrogen) atoms. The number of fused-ring (bicyclic) bond motifs is 12. The van der Waals surface area contributed by atoms with Gasteiger partial charge in [0.05, 0.1) is 39.0 Å². The van der Waals surface area contributed by atoms with Crippen LogP contribution in [0.4, 0.5) is 0 Å². The van der Waals surface area contributed by atoms with E-state index in [1.165, 1.54) is 32.6 Å². The van der Waals surface area contributed by atoms with Crippen LogP contribution in [-0.2, 0) is 0 Å². The minimum absolute atomic E-state index is 0.539. The molecule has 6 aromatic carbocycles. The molecule has 7 heteroatoms. The quantitative estimate of drug-likeness (QED) is 0.164. The molecule has 6 aromatic heterocycles. The van der Waals surface area contributed by atoms with Crippen molar-refractivity contribution in [3.63, 3.8) is 0 Å². The molecule has 270 valence electrons. The summed E-state index contributed by atoms with van der Waals surface area (Å²) in [6, 6.07) is 61.2. The van der Waals surface area contributed by atoms with E-state index in [0.29, 0.717) is 17.6 Å². The maximum Gasteiger partial charge on any atom is 0.238 e. The molecule has 0 aliphatic heterocycles. The van der Waals surface area contributed by atoms with Crippen LogP contribution in [0.1, 0.15) is 0 Å². The molecule has 0 amide bonds. The minimum Gasteiger partial charge on any atom is -0.309 e. The topological polar surface area (TPSA) is 73.8 Å². The third kappa shape index (κ3) is 4.97. The molecule has 7 nitrogen and oxygen atoms in total. The molecule has 0 bridgehead atoms. The summed E-state index contributed by atoms with van der Waals surface area (Å²) in [6.07, 6.45) is 3.63. The van der Waals surface area contributed by atoms with Gasteiger partial charge in [-0.2, -0.15) is 9.97 Å². The van der Waals surface area contributed by atoms with E-state index in [1.54, 1.807) is 0 Å². The average Bonchev–Trinajstić information content (AvgIpc) is 3.87. The van der Waals surface area contributed by atoms with Gasteiger partial charge in [-0.15, -0.1) is 0 Å². The van der Waals surface area contributed by atoms with E-state index >= 15 is 0 Å². The lowest BCUT2D eigenvalue weighted by molar-refractivity contribution is 0.953. The lowest BCUT2D eigenvalue weighted by atomic mass is 10.0. The summed E-state index contributed by atoms with van der Waals surface area (Å²) < 4.78 is 4.61. The van der Waals surface area contributed by atoms with Crippen molar-refractivity contribution in [2.75, 3.05) is 0 Å². The molecule has 0 aliphatic carbocycles. The van der Waals surface area contributed by atoms with Crippen molar-refractivity contribution in [3.05, 3.63) is 188 Å². The fourth-order valence-electron chi connectivity index (χ4n) is 8.68. The van der Waals surface area contributed by atoms with Crippen molar-refractivity contribution < 1.29 is 0 Å². The largest absolute Gasteiger partial charge is 0.309 e. The van der Waals surface area contributed by atoms with Gasteiger partial charge in [-0.3, -0.25) is 14.5 Å². The Kier molecular flexibility index (Phi) is 7.09. The zero-order valence-electron chi connectivity index (χ0n) is 31.0. The molecule has 6 heterocycles. The Labute approximate surface area is 332 Å². The molecule has 0 saturated carbocycles. The van der Waals surface area contributed by atoms with Crippen LogP contribution in [0.25, 0.3) is 111 Å². The van der Waals surface area contributed by atoms with E-state index in [0.717, 1.165) is 61.0 Å². The van der Waals surface area contributed by atoms with Gasteiger partial charge in [0, 0.05) is 61.6 Å². The van der Waals surface area contributed by atoms with Gasteiger partial charge in [0.2, 0.25) is 5.95 Å². The van der Waals surface area contributed by atoms with Crippen molar-refractivity contribution in [1.82, 2.24) is 33.9 Å². The van der Waals surface area contributed by atoms with Gasteiger partial charge in [-0.1, -0.05) is 109 Å². The molecule has 0 atom stereocenters. The van der Waals surface area contributed by atoms with E-state index in [4.69, 9.17) is 15.0 Å². The molecule has 0 spiro atoms. The maximum absolute atomic E-state index is 5.29. The van der Waals surface area contributed by atoms with Gasteiger partial charge in [0.1, 0.15) is 0 Å². The van der Waals surface area contributed by atoms with Gasteiger partial charge >= 0.3 is 0 Å². The molecule has 0 saturated heterocycles. The number of hydrogen-bond acceptors (Lipinski definition) is 5. The van der Waals surface area contributed by atoms with Crippen LogP contribution in [0.15, 0.2) is 188 Å². The third-order valence-corrected chi connectivity index (χ3v) is 11.2. The van der Waals surface area contributed by atoms with E-state index in [2.05, 4.69) is 146 Å². The number of benzene rings is 6. The molecule has 12 rings (SSSR count). The molecule has 0 aliphatic rings. The SMILES string of the molecule is c1ccc(-c2cccc(-c3nc(-c4cccc(-c5ccccn5)c4)nc(-n4c5ccccc5c5c6cc7c8ccccc8c8ccccc8n7c6ccc54)n3)c2)nc1. The first-order valence-corrected chi connectivity index (χ1v) is 19.3. The van der Waals surface area contributed by atoms with Crippen LogP contribution in [0.2, 0.25) is 0 Å². The van der Waals surface area contributed by atoms with E-state index in [1.807, 2.05) is 60.9 Å². The Bertz CT molecular complexity index is 3470. The highest BCUT2D eigenvalue weighted by atomic mass is 15.2. The van der Waals surface area contributed by atoms with E-state index in [-0.39, 0.29) is 0 Å². The summed E-state index contributed by atoms with van der Waals surface area (Å²) in [7, 11) is 0. The maximum atomic E-state index is 5.29. The van der Waals surface area contributed by atoms with Crippen molar-refractivity contribution in [2.24, 2.45) is 0 Å². The Balaban J connectivity index is 1.14. The van der Waals surface area contributed by atoms with Crippen molar-refractivity contribution in [1.29, 1.82) is 0 Å². The number of aromatic nitrogens is 7. The predicted molar refractivity (Wildman–Crippen MR) is 235 cm³/mol. The fraction of sp³-hybridized carbons (Fsp3) is 0. The molecule has 12 aromatic rings. The number of para-hydroxylation sites is 2. The smallest absolute Gasteiger partial charge is 0.238 e. The van der Waals surface area contributed by atoms with Crippen LogP contribution in [0.5, 0.6) is 0 Å². The van der Waals surface area contributed by atoms with Crippen LogP contribution in [-0.4, -0.2) is 33.9 Å². The summed E-state index contributed by atoms with van der Waals surface area (Å²) in [5.41, 5.74) is 11.0. The minimum atomic E-state index is 0.539.